The minimum absolute atomic E-state index is 0.0207. The van der Waals surface area contributed by atoms with Gasteiger partial charge in [0, 0.05) is 5.92 Å². The third-order valence-corrected chi connectivity index (χ3v) is 7.22. The van der Waals surface area contributed by atoms with Crippen LogP contribution in [0.1, 0.15) is 53.5 Å². The molecule has 0 atom stereocenters. The monoisotopic (exact) mass is 584 g/mol. The van der Waals surface area contributed by atoms with Crippen molar-refractivity contribution < 1.29 is 43.5 Å². The number of aliphatic carboxylic acids is 2. The van der Waals surface area contributed by atoms with Gasteiger partial charge in [-0.1, -0.05) is 48.0 Å². The number of allylic oxidation sites excluding steroid dienone is 1. The van der Waals surface area contributed by atoms with Crippen molar-refractivity contribution in [1.82, 2.24) is 0 Å². The maximum atomic E-state index is 12.8. The number of carbonyl (C=O) groups is 2. The van der Waals surface area contributed by atoms with E-state index in [9.17, 15) is 14.7 Å². The van der Waals surface area contributed by atoms with Crippen LogP contribution in [0.5, 0.6) is 0 Å². The predicted molar refractivity (Wildman–Crippen MR) is 158 cm³/mol. The molecule has 230 valence electrons. The molecular weight excluding hydrogens is 540 g/mol. The fourth-order valence-corrected chi connectivity index (χ4v) is 5.40. The molecule has 0 aromatic heterocycles. The second-order valence-electron chi connectivity index (χ2n) is 10.6. The van der Waals surface area contributed by atoms with Gasteiger partial charge in [0.2, 0.25) is 0 Å². The number of carboxylic acids is 2. The van der Waals surface area contributed by atoms with Gasteiger partial charge in [0.1, 0.15) is 24.5 Å². The summed E-state index contributed by atoms with van der Waals surface area (Å²) < 4.78 is 28.2. The van der Waals surface area contributed by atoms with Crippen LogP contribution in [-0.2, 0) is 39.9 Å². The molecule has 1 aliphatic rings. The first-order valence-electron chi connectivity index (χ1n) is 14.5. The Hall–Kier alpha value is -3.24. The van der Waals surface area contributed by atoms with Gasteiger partial charge < -0.3 is 33.9 Å². The van der Waals surface area contributed by atoms with Gasteiger partial charge in [-0.05, 0) is 68.7 Å². The standard InChI is InChI=1S/C33H44O9/c1-23-19-24(2)30(25(3)20-23)31(33(36)37)32(42-21-26-7-5-4-6-8-26)27-9-11-28(12-10-27)41-18-17-39-14-13-38-15-16-40-22-29(34)35/h4-8,19-20,27-28H,9-18,21-22H2,1-3H3,(H,34,35)(H,36,37)/b32-31+. The highest BCUT2D eigenvalue weighted by Gasteiger charge is 2.31. The molecule has 9 heteroatoms. The zero-order valence-corrected chi connectivity index (χ0v) is 24.9. The molecule has 0 heterocycles. The van der Waals surface area contributed by atoms with Gasteiger partial charge in [-0.25, -0.2) is 9.59 Å². The third-order valence-electron chi connectivity index (χ3n) is 7.22. The summed E-state index contributed by atoms with van der Waals surface area (Å²) in [6, 6.07) is 13.9. The van der Waals surface area contributed by atoms with Crippen molar-refractivity contribution >= 4 is 17.5 Å². The summed E-state index contributed by atoms with van der Waals surface area (Å²) in [6.45, 7) is 8.18. The summed E-state index contributed by atoms with van der Waals surface area (Å²) in [6.07, 6.45) is 3.24. The number of ether oxygens (including phenoxy) is 5. The number of benzene rings is 2. The number of hydrogen-bond acceptors (Lipinski definition) is 7. The van der Waals surface area contributed by atoms with Crippen LogP contribution < -0.4 is 0 Å². The fourth-order valence-electron chi connectivity index (χ4n) is 5.40. The summed E-state index contributed by atoms with van der Waals surface area (Å²) in [7, 11) is 0. The first-order valence-corrected chi connectivity index (χ1v) is 14.5. The highest BCUT2D eigenvalue weighted by atomic mass is 16.6. The summed E-state index contributed by atoms with van der Waals surface area (Å²) in [5.41, 5.74) is 4.95. The van der Waals surface area contributed by atoms with E-state index in [1.165, 1.54) is 0 Å². The van der Waals surface area contributed by atoms with E-state index in [4.69, 9.17) is 28.8 Å². The lowest BCUT2D eigenvalue weighted by Crippen LogP contribution is -2.26. The Kier molecular flexibility index (Phi) is 14.0. The largest absolute Gasteiger partial charge is 0.492 e. The summed E-state index contributed by atoms with van der Waals surface area (Å²) in [5.74, 6) is -1.44. The Labute approximate surface area is 248 Å². The van der Waals surface area contributed by atoms with Crippen molar-refractivity contribution in [3.63, 3.8) is 0 Å². The lowest BCUT2D eigenvalue weighted by atomic mass is 9.82. The molecule has 2 aromatic rings. The van der Waals surface area contributed by atoms with Gasteiger partial charge in [-0.2, -0.15) is 0 Å². The van der Waals surface area contributed by atoms with E-state index in [0.717, 1.165) is 53.5 Å². The van der Waals surface area contributed by atoms with Gasteiger partial charge in [0.05, 0.1) is 45.7 Å². The smallest absolute Gasteiger partial charge is 0.339 e. The highest BCUT2D eigenvalue weighted by Crippen LogP contribution is 2.38. The van der Waals surface area contributed by atoms with Crippen molar-refractivity contribution in [1.29, 1.82) is 0 Å². The van der Waals surface area contributed by atoms with Gasteiger partial charge in [0.15, 0.2) is 0 Å². The molecule has 42 heavy (non-hydrogen) atoms. The van der Waals surface area contributed by atoms with Gasteiger partial charge >= 0.3 is 11.9 Å². The third kappa shape index (κ3) is 10.9. The first kappa shape index (κ1) is 33.3. The average molecular weight is 585 g/mol. The predicted octanol–water partition coefficient (Wildman–Crippen LogP) is 5.33. The molecule has 1 aliphatic carbocycles. The topological polar surface area (TPSA) is 121 Å². The normalized spacial score (nSPS) is 17.5. The fraction of sp³-hybridized carbons (Fsp3) is 0.515. The first-order chi connectivity index (χ1) is 20.3. The van der Waals surface area contributed by atoms with Crippen LogP contribution in [0.4, 0.5) is 0 Å². The van der Waals surface area contributed by atoms with Crippen LogP contribution >= 0.6 is 0 Å². The minimum atomic E-state index is -1.00. The molecule has 1 fully saturated rings. The van der Waals surface area contributed by atoms with Crippen LogP contribution in [0.3, 0.4) is 0 Å². The van der Waals surface area contributed by atoms with E-state index in [1.54, 1.807) is 0 Å². The van der Waals surface area contributed by atoms with Crippen molar-refractivity contribution in [2.45, 2.75) is 59.2 Å². The van der Waals surface area contributed by atoms with Crippen molar-refractivity contribution in [3.05, 3.63) is 76.0 Å². The number of aryl methyl sites for hydroxylation is 3. The molecule has 0 bridgehead atoms. The minimum Gasteiger partial charge on any atom is -0.492 e. The summed E-state index contributed by atoms with van der Waals surface area (Å²) in [4.78, 5) is 23.2. The number of carboxylic acid groups (broad SMARTS) is 2. The average Bonchev–Trinajstić information content (AvgIpc) is 2.95. The Morgan fingerprint density at radius 2 is 1.36 bits per heavy atom. The molecule has 0 spiro atoms. The van der Waals surface area contributed by atoms with Crippen LogP contribution in [0.15, 0.2) is 48.2 Å². The maximum Gasteiger partial charge on any atom is 0.339 e. The van der Waals surface area contributed by atoms with Gasteiger partial charge in [0.25, 0.3) is 0 Å². The Balaban J connectivity index is 1.55. The van der Waals surface area contributed by atoms with E-state index in [-0.39, 0.29) is 30.8 Å². The zero-order valence-electron chi connectivity index (χ0n) is 24.9. The van der Waals surface area contributed by atoms with Crippen LogP contribution in [0.2, 0.25) is 0 Å². The van der Waals surface area contributed by atoms with E-state index < -0.39 is 11.9 Å². The SMILES string of the molecule is Cc1cc(C)c(/C(C(=O)O)=C(\OCc2ccccc2)C2CCC(OCCOCCOCCOCC(=O)O)CC2)c(C)c1. The van der Waals surface area contributed by atoms with Crippen LogP contribution in [0, 0.1) is 26.7 Å². The molecule has 2 aromatic carbocycles. The summed E-state index contributed by atoms with van der Waals surface area (Å²) in [5, 5.41) is 19.0. The Bertz CT molecular complexity index is 1140. The van der Waals surface area contributed by atoms with E-state index in [0.29, 0.717) is 45.4 Å². The van der Waals surface area contributed by atoms with E-state index >= 15 is 0 Å². The molecule has 0 aliphatic heterocycles. The molecule has 0 amide bonds. The van der Waals surface area contributed by atoms with Crippen molar-refractivity contribution in [2.24, 2.45) is 5.92 Å². The molecule has 1 saturated carbocycles. The molecule has 0 radical (unpaired) electrons. The lowest BCUT2D eigenvalue weighted by Gasteiger charge is -2.31. The maximum absolute atomic E-state index is 12.8. The highest BCUT2D eigenvalue weighted by molar-refractivity contribution is 6.17. The lowest BCUT2D eigenvalue weighted by molar-refractivity contribution is -0.142. The van der Waals surface area contributed by atoms with Crippen molar-refractivity contribution in [3.8, 4) is 0 Å². The molecule has 0 unspecified atom stereocenters. The van der Waals surface area contributed by atoms with Gasteiger partial charge in [-0.15, -0.1) is 0 Å². The van der Waals surface area contributed by atoms with Gasteiger partial charge in [-0.3, -0.25) is 0 Å². The zero-order chi connectivity index (χ0) is 30.3. The van der Waals surface area contributed by atoms with Crippen LogP contribution in [-0.4, -0.2) is 74.5 Å². The molecular formula is C33H44O9. The molecule has 0 saturated heterocycles. The number of rotatable bonds is 18. The van der Waals surface area contributed by atoms with Crippen molar-refractivity contribution in [2.75, 3.05) is 46.2 Å². The molecule has 3 rings (SSSR count). The quantitative estimate of drug-likeness (QED) is 0.136. The second kappa shape index (κ2) is 17.7. The van der Waals surface area contributed by atoms with Crippen LogP contribution in [0.25, 0.3) is 5.57 Å². The number of hydrogen-bond donors (Lipinski definition) is 2. The Morgan fingerprint density at radius 3 is 1.93 bits per heavy atom. The molecule has 9 nitrogen and oxygen atoms in total. The van der Waals surface area contributed by atoms with E-state index in [1.807, 2.05) is 63.2 Å². The second-order valence-corrected chi connectivity index (χ2v) is 10.6. The Morgan fingerprint density at radius 1 is 0.786 bits per heavy atom. The summed E-state index contributed by atoms with van der Waals surface area (Å²) >= 11 is 0. The molecule has 2 N–H and O–H groups in total. The van der Waals surface area contributed by atoms with E-state index in [2.05, 4.69) is 0 Å².